The van der Waals surface area contributed by atoms with Gasteiger partial charge in [-0.25, -0.2) is 9.97 Å². The molecule has 0 spiro atoms. The Morgan fingerprint density at radius 1 is 1.17 bits per heavy atom. The Morgan fingerprint density at radius 3 is 2.79 bits per heavy atom. The first-order valence-corrected chi connectivity index (χ1v) is 8.54. The van der Waals surface area contributed by atoms with E-state index in [1.165, 1.54) is 19.3 Å². The molecule has 6 heteroatoms. The van der Waals surface area contributed by atoms with Gasteiger partial charge in [-0.3, -0.25) is 9.67 Å². The molecule has 0 aliphatic carbocycles. The molecule has 1 atom stereocenters. The lowest BCUT2D eigenvalue weighted by molar-refractivity contribution is 0.482. The van der Waals surface area contributed by atoms with Crippen molar-refractivity contribution in [2.75, 3.05) is 11.4 Å². The molecule has 3 aromatic rings. The number of aryl methyl sites for hydroxylation is 2. The molecule has 4 rings (SSSR count). The minimum atomic E-state index is 0.480. The first-order chi connectivity index (χ1) is 11.6. The number of fused-ring (bicyclic) bond motifs is 1. The normalized spacial score (nSPS) is 18.3. The van der Waals surface area contributed by atoms with E-state index in [1.807, 2.05) is 36.9 Å². The van der Waals surface area contributed by atoms with Crippen molar-refractivity contribution < 1.29 is 0 Å². The topological polar surface area (TPSA) is 59.7 Å². The van der Waals surface area contributed by atoms with Crippen LogP contribution in [0.2, 0.25) is 0 Å². The van der Waals surface area contributed by atoms with Crippen molar-refractivity contribution in [1.82, 2.24) is 24.7 Å². The Labute approximate surface area is 141 Å². The van der Waals surface area contributed by atoms with Gasteiger partial charge in [0, 0.05) is 25.8 Å². The largest absolute Gasteiger partial charge is 0.353 e. The molecule has 4 heterocycles. The van der Waals surface area contributed by atoms with Crippen LogP contribution < -0.4 is 4.90 Å². The fourth-order valence-corrected chi connectivity index (χ4v) is 3.55. The molecule has 1 aliphatic heterocycles. The third-order valence-electron chi connectivity index (χ3n) is 4.81. The van der Waals surface area contributed by atoms with Gasteiger partial charge < -0.3 is 4.90 Å². The summed E-state index contributed by atoms with van der Waals surface area (Å²) in [6.07, 6.45) is 5.46. The minimum Gasteiger partial charge on any atom is -0.353 e. The fourth-order valence-electron chi connectivity index (χ4n) is 3.55. The van der Waals surface area contributed by atoms with Crippen molar-refractivity contribution in [2.24, 2.45) is 7.05 Å². The summed E-state index contributed by atoms with van der Waals surface area (Å²) in [5.74, 6) is 1.66. The van der Waals surface area contributed by atoms with Gasteiger partial charge in [0.2, 0.25) is 0 Å². The van der Waals surface area contributed by atoms with Crippen molar-refractivity contribution in [1.29, 1.82) is 0 Å². The van der Waals surface area contributed by atoms with E-state index in [0.29, 0.717) is 11.9 Å². The predicted octanol–water partition coefficient (Wildman–Crippen LogP) is 3.11. The molecule has 0 N–H and O–H groups in total. The number of hydrogen-bond donors (Lipinski definition) is 0. The Hall–Kier alpha value is -2.50. The van der Waals surface area contributed by atoms with E-state index >= 15 is 0 Å². The third kappa shape index (κ3) is 2.42. The van der Waals surface area contributed by atoms with Gasteiger partial charge in [-0.2, -0.15) is 5.10 Å². The maximum atomic E-state index is 4.92. The number of anilines is 1. The number of aromatic nitrogens is 5. The van der Waals surface area contributed by atoms with Crippen LogP contribution in [-0.4, -0.2) is 37.3 Å². The second kappa shape index (κ2) is 5.85. The first kappa shape index (κ1) is 15.1. The maximum Gasteiger partial charge on any atom is 0.182 e. The van der Waals surface area contributed by atoms with Gasteiger partial charge in [0.05, 0.1) is 11.1 Å². The zero-order valence-corrected chi connectivity index (χ0v) is 14.4. The van der Waals surface area contributed by atoms with E-state index < -0.39 is 0 Å². The standard InChI is InChI=1S/C18H22N6/c1-12-8-5-7-11-24(12)18-15-13(2)22-23(3)17(15)20-16(21-18)14-9-4-6-10-19-14/h4,6,9-10,12H,5,7-8,11H2,1-3H3/t12-/m0/s1. The molecule has 124 valence electrons. The van der Waals surface area contributed by atoms with Crippen LogP contribution in [0.25, 0.3) is 22.6 Å². The lowest BCUT2D eigenvalue weighted by Crippen LogP contribution is -2.38. The summed E-state index contributed by atoms with van der Waals surface area (Å²) in [7, 11) is 1.94. The molecule has 0 unspecified atom stereocenters. The molecule has 0 bridgehead atoms. The number of piperidine rings is 1. The molecule has 1 saturated heterocycles. The van der Waals surface area contributed by atoms with E-state index in [2.05, 4.69) is 21.9 Å². The summed E-state index contributed by atoms with van der Waals surface area (Å²) < 4.78 is 1.84. The van der Waals surface area contributed by atoms with Crippen LogP contribution in [0.5, 0.6) is 0 Å². The number of nitrogens with zero attached hydrogens (tertiary/aromatic N) is 6. The molecular weight excluding hydrogens is 300 g/mol. The second-order valence-electron chi connectivity index (χ2n) is 6.53. The molecule has 0 amide bonds. The van der Waals surface area contributed by atoms with Gasteiger partial charge in [-0.1, -0.05) is 6.07 Å². The molecule has 6 nitrogen and oxygen atoms in total. The van der Waals surface area contributed by atoms with Crippen LogP contribution in [0, 0.1) is 6.92 Å². The molecule has 0 radical (unpaired) electrons. The Bertz CT molecular complexity index is 870. The van der Waals surface area contributed by atoms with Crippen molar-refractivity contribution in [3.63, 3.8) is 0 Å². The smallest absolute Gasteiger partial charge is 0.182 e. The van der Waals surface area contributed by atoms with Crippen LogP contribution in [0.15, 0.2) is 24.4 Å². The molecule has 0 saturated carbocycles. The molecule has 1 fully saturated rings. The fraction of sp³-hybridized carbons (Fsp3) is 0.444. The minimum absolute atomic E-state index is 0.480. The van der Waals surface area contributed by atoms with Crippen molar-refractivity contribution in [3.8, 4) is 11.5 Å². The third-order valence-corrected chi connectivity index (χ3v) is 4.81. The van der Waals surface area contributed by atoms with Gasteiger partial charge in [0.15, 0.2) is 11.5 Å². The average Bonchev–Trinajstić information content (AvgIpc) is 2.90. The summed E-state index contributed by atoms with van der Waals surface area (Å²) in [6.45, 7) is 5.34. The average molecular weight is 322 g/mol. The van der Waals surface area contributed by atoms with E-state index in [0.717, 1.165) is 34.8 Å². The van der Waals surface area contributed by atoms with Crippen LogP contribution in [0.1, 0.15) is 31.9 Å². The van der Waals surface area contributed by atoms with Crippen LogP contribution in [-0.2, 0) is 7.05 Å². The lowest BCUT2D eigenvalue weighted by atomic mass is 10.0. The SMILES string of the molecule is Cc1nn(C)c2nc(-c3ccccn3)nc(N3CCCC[C@@H]3C)c12. The number of hydrogen-bond acceptors (Lipinski definition) is 5. The summed E-state index contributed by atoms with van der Waals surface area (Å²) in [6, 6.07) is 6.30. The first-order valence-electron chi connectivity index (χ1n) is 8.54. The molecule has 1 aliphatic rings. The Balaban J connectivity index is 1.96. The van der Waals surface area contributed by atoms with Gasteiger partial charge in [0.1, 0.15) is 11.5 Å². The molecule has 0 aromatic carbocycles. The molecular formula is C18H22N6. The van der Waals surface area contributed by atoms with Gasteiger partial charge in [-0.15, -0.1) is 0 Å². The Kier molecular flexibility index (Phi) is 3.67. The zero-order chi connectivity index (χ0) is 16.7. The van der Waals surface area contributed by atoms with Gasteiger partial charge >= 0.3 is 0 Å². The quantitative estimate of drug-likeness (QED) is 0.725. The second-order valence-corrected chi connectivity index (χ2v) is 6.53. The van der Waals surface area contributed by atoms with Crippen molar-refractivity contribution >= 4 is 16.9 Å². The highest BCUT2D eigenvalue weighted by molar-refractivity contribution is 5.91. The highest BCUT2D eigenvalue weighted by Gasteiger charge is 2.25. The highest BCUT2D eigenvalue weighted by Crippen LogP contribution is 2.32. The predicted molar refractivity (Wildman–Crippen MR) is 94.9 cm³/mol. The van der Waals surface area contributed by atoms with Gasteiger partial charge in [0.25, 0.3) is 0 Å². The van der Waals surface area contributed by atoms with Gasteiger partial charge in [-0.05, 0) is 45.2 Å². The van der Waals surface area contributed by atoms with Crippen LogP contribution in [0.3, 0.4) is 0 Å². The summed E-state index contributed by atoms with van der Waals surface area (Å²) in [5, 5.41) is 5.63. The summed E-state index contributed by atoms with van der Waals surface area (Å²) in [5.41, 5.74) is 2.65. The summed E-state index contributed by atoms with van der Waals surface area (Å²) in [4.78, 5) is 16.5. The molecule has 24 heavy (non-hydrogen) atoms. The zero-order valence-electron chi connectivity index (χ0n) is 14.4. The number of rotatable bonds is 2. The van der Waals surface area contributed by atoms with Crippen LogP contribution in [0.4, 0.5) is 5.82 Å². The van der Waals surface area contributed by atoms with Crippen LogP contribution >= 0.6 is 0 Å². The highest BCUT2D eigenvalue weighted by atomic mass is 15.3. The van der Waals surface area contributed by atoms with E-state index in [1.54, 1.807) is 6.20 Å². The van der Waals surface area contributed by atoms with E-state index in [-0.39, 0.29) is 0 Å². The monoisotopic (exact) mass is 322 g/mol. The van der Waals surface area contributed by atoms with Crippen molar-refractivity contribution in [2.45, 2.75) is 39.2 Å². The lowest BCUT2D eigenvalue weighted by Gasteiger charge is -2.34. The van der Waals surface area contributed by atoms with E-state index in [9.17, 15) is 0 Å². The van der Waals surface area contributed by atoms with E-state index in [4.69, 9.17) is 9.97 Å². The maximum absolute atomic E-state index is 4.92. The van der Waals surface area contributed by atoms with Crippen molar-refractivity contribution in [3.05, 3.63) is 30.1 Å². The Morgan fingerprint density at radius 2 is 2.04 bits per heavy atom. The number of pyridine rings is 1. The molecule has 3 aromatic heterocycles. The summed E-state index contributed by atoms with van der Waals surface area (Å²) >= 11 is 0.